The summed E-state index contributed by atoms with van der Waals surface area (Å²) >= 11 is 0. The summed E-state index contributed by atoms with van der Waals surface area (Å²) in [6.45, 7) is 0.382. The molecule has 0 aromatic heterocycles. The number of carbonyl (C=O) groups is 1. The maximum absolute atomic E-state index is 12.7. The summed E-state index contributed by atoms with van der Waals surface area (Å²) in [6, 6.07) is 2.22. The van der Waals surface area contributed by atoms with E-state index in [9.17, 15) is 23.6 Å². The molecule has 0 aromatic carbocycles. The van der Waals surface area contributed by atoms with E-state index in [0.717, 1.165) is 25.7 Å². The molecule has 0 aromatic rings. The Morgan fingerprint density at radius 1 is 1.27 bits per heavy atom. The lowest BCUT2D eigenvalue weighted by molar-refractivity contribution is -0.149. The molecule has 0 bridgehead atoms. The number of carboxylic acid groups (broad SMARTS) is 1. The van der Waals surface area contributed by atoms with Crippen molar-refractivity contribution in [1.29, 1.82) is 5.26 Å². The Kier molecular flexibility index (Phi) is 3.73. The van der Waals surface area contributed by atoms with E-state index >= 15 is 0 Å². The second kappa shape index (κ2) is 5.20. The van der Waals surface area contributed by atoms with Gasteiger partial charge in [0.25, 0.3) is 0 Å². The van der Waals surface area contributed by atoms with E-state index in [1.165, 1.54) is 4.31 Å². The van der Waals surface area contributed by atoms with Gasteiger partial charge in [0, 0.05) is 13.1 Å². The van der Waals surface area contributed by atoms with E-state index in [1.54, 1.807) is 0 Å². The Hall–Kier alpha value is -1.13. The zero-order valence-corrected chi connectivity index (χ0v) is 13.4. The van der Waals surface area contributed by atoms with Crippen molar-refractivity contribution >= 4 is 16.0 Å². The van der Waals surface area contributed by atoms with Crippen LogP contribution in [-0.4, -0.2) is 42.6 Å². The number of hydrogen-bond acceptors (Lipinski definition) is 4. The number of nitriles is 1. The predicted molar refractivity (Wildman–Crippen MR) is 79.3 cm³/mol. The van der Waals surface area contributed by atoms with Crippen LogP contribution in [0.1, 0.15) is 44.9 Å². The zero-order valence-electron chi connectivity index (χ0n) is 12.6. The Bertz CT molecular complexity index is 618. The van der Waals surface area contributed by atoms with Gasteiger partial charge in [-0.3, -0.25) is 4.79 Å². The normalized spacial score (nSPS) is 34.4. The van der Waals surface area contributed by atoms with Crippen LogP contribution in [0.2, 0.25) is 0 Å². The Labute approximate surface area is 131 Å². The molecular weight excluding hydrogens is 304 g/mol. The smallest absolute Gasteiger partial charge is 0.311 e. The van der Waals surface area contributed by atoms with E-state index in [1.807, 2.05) is 0 Å². The highest BCUT2D eigenvalue weighted by molar-refractivity contribution is 7.89. The third-order valence-corrected chi connectivity index (χ3v) is 7.90. The number of aliphatic carboxylic acids is 1. The van der Waals surface area contributed by atoms with Crippen LogP contribution in [0.15, 0.2) is 0 Å². The summed E-state index contributed by atoms with van der Waals surface area (Å²) in [6.07, 6.45) is 5.24. The monoisotopic (exact) mass is 326 g/mol. The van der Waals surface area contributed by atoms with Crippen molar-refractivity contribution in [3.63, 3.8) is 0 Å². The SMILES string of the molecule is N#CC1(CS(=O)(=O)N2C[C@@H]3CCC[C@@]3(C(=O)O)C2)CCCC1. The number of carboxylic acids is 1. The van der Waals surface area contributed by atoms with Crippen LogP contribution in [0.5, 0.6) is 0 Å². The summed E-state index contributed by atoms with van der Waals surface area (Å²) in [7, 11) is -3.58. The first-order chi connectivity index (χ1) is 10.3. The number of sulfonamides is 1. The van der Waals surface area contributed by atoms with Crippen LogP contribution in [0, 0.1) is 28.1 Å². The number of hydrogen-bond donors (Lipinski definition) is 1. The molecule has 3 aliphatic rings. The van der Waals surface area contributed by atoms with Crippen molar-refractivity contribution in [1.82, 2.24) is 4.31 Å². The molecule has 1 aliphatic heterocycles. The van der Waals surface area contributed by atoms with Crippen LogP contribution in [-0.2, 0) is 14.8 Å². The topological polar surface area (TPSA) is 98.5 Å². The Balaban J connectivity index is 1.80. The van der Waals surface area contributed by atoms with Crippen molar-refractivity contribution in [2.45, 2.75) is 44.9 Å². The van der Waals surface area contributed by atoms with Gasteiger partial charge in [-0.15, -0.1) is 0 Å². The van der Waals surface area contributed by atoms with E-state index < -0.39 is 26.8 Å². The standard InChI is InChI=1S/C15H22N2O4S/c16-9-14(5-1-2-6-14)11-22(20,21)17-8-12-4-3-7-15(12,10-17)13(18)19/h12H,1-8,10-11H2,(H,18,19)/t12-,15+/m0/s1. The van der Waals surface area contributed by atoms with Crippen molar-refractivity contribution in [3.8, 4) is 6.07 Å². The highest BCUT2D eigenvalue weighted by atomic mass is 32.2. The third kappa shape index (κ3) is 2.33. The Morgan fingerprint density at radius 3 is 2.50 bits per heavy atom. The number of fused-ring (bicyclic) bond motifs is 1. The maximum atomic E-state index is 12.7. The second-order valence-electron chi connectivity index (χ2n) is 7.20. The van der Waals surface area contributed by atoms with Crippen LogP contribution >= 0.6 is 0 Å². The molecule has 7 heteroatoms. The van der Waals surface area contributed by atoms with Crippen molar-refractivity contribution in [3.05, 3.63) is 0 Å². The Morgan fingerprint density at radius 2 is 1.95 bits per heavy atom. The second-order valence-corrected chi connectivity index (χ2v) is 9.17. The summed E-state index contributed by atoms with van der Waals surface area (Å²) < 4.78 is 26.8. The zero-order chi connectivity index (χ0) is 16.0. The van der Waals surface area contributed by atoms with Crippen LogP contribution in [0.3, 0.4) is 0 Å². The fourth-order valence-corrected chi connectivity index (χ4v) is 6.65. The highest BCUT2D eigenvalue weighted by Crippen LogP contribution is 2.50. The molecule has 3 fully saturated rings. The molecule has 0 spiro atoms. The minimum absolute atomic E-state index is 0.0802. The van der Waals surface area contributed by atoms with E-state index in [4.69, 9.17) is 0 Å². The highest BCUT2D eigenvalue weighted by Gasteiger charge is 2.57. The van der Waals surface area contributed by atoms with Crippen molar-refractivity contribution < 1.29 is 18.3 Å². The first kappa shape index (κ1) is 15.8. The summed E-state index contributed by atoms with van der Waals surface area (Å²) in [4.78, 5) is 11.7. The van der Waals surface area contributed by atoms with Crippen LogP contribution in [0.4, 0.5) is 0 Å². The molecular formula is C15H22N2O4S. The minimum atomic E-state index is -3.58. The van der Waals surface area contributed by atoms with E-state index in [2.05, 4.69) is 6.07 Å². The molecule has 3 rings (SSSR count). The molecule has 0 radical (unpaired) electrons. The molecule has 1 N–H and O–H groups in total. The van der Waals surface area contributed by atoms with Gasteiger partial charge in [0.2, 0.25) is 10.0 Å². The van der Waals surface area contributed by atoms with E-state index in [-0.39, 0.29) is 18.2 Å². The van der Waals surface area contributed by atoms with Crippen LogP contribution < -0.4 is 0 Å². The average Bonchev–Trinajstić information content (AvgIpc) is 3.10. The molecule has 122 valence electrons. The lowest BCUT2D eigenvalue weighted by Crippen LogP contribution is -2.40. The summed E-state index contributed by atoms with van der Waals surface area (Å²) in [5.41, 5.74) is -1.67. The molecule has 1 saturated heterocycles. The first-order valence-corrected chi connectivity index (χ1v) is 9.57. The van der Waals surface area contributed by atoms with Gasteiger partial charge in [-0.1, -0.05) is 19.3 Å². The first-order valence-electron chi connectivity index (χ1n) is 7.96. The fraction of sp³-hybridized carbons (Fsp3) is 0.867. The number of nitrogens with zero attached hydrogens (tertiary/aromatic N) is 2. The van der Waals surface area contributed by atoms with Crippen molar-refractivity contribution in [2.24, 2.45) is 16.7 Å². The molecule has 0 amide bonds. The van der Waals surface area contributed by atoms with Gasteiger partial charge >= 0.3 is 5.97 Å². The molecule has 2 saturated carbocycles. The molecule has 2 aliphatic carbocycles. The molecule has 1 heterocycles. The predicted octanol–water partition coefficient (Wildman–Crippen LogP) is 1.59. The minimum Gasteiger partial charge on any atom is -0.481 e. The summed E-state index contributed by atoms with van der Waals surface area (Å²) in [5.74, 6) is -1.11. The quantitative estimate of drug-likeness (QED) is 0.846. The van der Waals surface area contributed by atoms with E-state index in [0.29, 0.717) is 25.8 Å². The lowest BCUT2D eigenvalue weighted by atomic mass is 9.81. The maximum Gasteiger partial charge on any atom is 0.311 e. The number of rotatable bonds is 4. The third-order valence-electron chi connectivity index (χ3n) is 5.92. The van der Waals surface area contributed by atoms with Gasteiger partial charge in [-0.25, -0.2) is 12.7 Å². The van der Waals surface area contributed by atoms with Gasteiger partial charge in [0.15, 0.2) is 0 Å². The van der Waals surface area contributed by atoms with Crippen molar-refractivity contribution in [2.75, 3.05) is 18.8 Å². The largest absolute Gasteiger partial charge is 0.481 e. The molecule has 22 heavy (non-hydrogen) atoms. The molecule has 6 nitrogen and oxygen atoms in total. The van der Waals surface area contributed by atoms with Crippen LogP contribution in [0.25, 0.3) is 0 Å². The average molecular weight is 326 g/mol. The van der Waals surface area contributed by atoms with Gasteiger partial charge in [-0.2, -0.15) is 5.26 Å². The fourth-order valence-electron chi connectivity index (χ4n) is 4.59. The summed E-state index contributed by atoms with van der Waals surface area (Å²) in [5, 5.41) is 19.0. The van der Waals surface area contributed by atoms with Gasteiger partial charge in [0.1, 0.15) is 0 Å². The molecule has 0 unspecified atom stereocenters. The lowest BCUT2D eigenvalue weighted by Gasteiger charge is -2.26. The van der Waals surface area contributed by atoms with Gasteiger partial charge < -0.3 is 5.11 Å². The molecule has 2 atom stereocenters. The van der Waals surface area contributed by atoms with Gasteiger partial charge in [0.05, 0.1) is 22.7 Å². The van der Waals surface area contributed by atoms with Gasteiger partial charge in [-0.05, 0) is 31.6 Å².